The van der Waals surface area contributed by atoms with E-state index in [1.807, 2.05) is 0 Å². The number of sulfonamides is 1. The van der Waals surface area contributed by atoms with Crippen molar-refractivity contribution in [2.24, 2.45) is 0 Å². The molecule has 3 N–H and O–H groups in total. The summed E-state index contributed by atoms with van der Waals surface area (Å²) in [5.74, 6) is -1.26. The molecule has 1 unspecified atom stereocenters. The lowest BCUT2D eigenvalue weighted by Gasteiger charge is -2.20. The Labute approximate surface area is 165 Å². The molecule has 9 heteroatoms. The molecular formula is C18H17BrN2O5S. The minimum atomic E-state index is -3.48. The number of nitrogens with one attached hydrogen (secondary N) is 2. The summed E-state index contributed by atoms with van der Waals surface area (Å²) in [7, 11) is -3.48. The molecule has 0 fully saturated rings. The summed E-state index contributed by atoms with van der Waals surface area (Å²) in [6.07, 6.45) is -0.466. The van der Waals surface area contributed by atoms with Gasteiger partial charge in [0.1, 0.15) is 0 Å². The van der Waals surface area contributed by atoms with Crippen LogP contribution in [0.2, 0.25) is 0 Å². The molecule has 0 radical (unpaired) electrons. The van der Waals surface area contributed by atoms with Crippen LogP contribution in [0.25, 0.3) is 0 Å². The zero-order valence-electron chi connectivity index (χ0n) is 14.3. The first kappa shape index (κ1) is 19.5. The zero-order chi connectivity index (χ0) is 19.8. The predicted octanol–water partition coefficient (Wildman–Crippen LogP) is 2.62. The van der Waals surface area contributed by atoms with Crippen molar-refractivity contribution in [3.05, 3.63) is 58.1 Å². The van der Waals surface area contributed by atoms with Gasteiger partial charge in [0.15, 0.2) is 11.4 Å². The summed E-state index contributed by atoms with van der Waals surface area (Å²) in [6, 6.07) is 10.9. The van der Waals surface area contributed by atoms with E-state index >= 15 is 0 Å². The average molecular weight is 453 g/mol. The van der Waals surface area contributed by atoms with Gasteiger partial charge in [0.25, 0.3) is 5.91 Å². The SMILES string of the molecule is CCS(=O)(=O)Nc1cccc(C(=O)CC2(O)C(=O)Nc3ccc(Br)cc32)c1. The smallest absolute Gasteiger partial charge is 0.261 e. The van der Waals surface area contributed by atoms with Crippen LogP contribution in [0.5, 0.6) is 0 Å². The number of anilines is 2. The predicted molar refractivity (Wildman–Crippen MR) is 105 cm³/mol. The fourth-order valence-corrected chi connectivity index (χ4v) is 3.82. The molecule has 0 aliphatic carbocycles. The molecular weight excluding hydrogens is 436 g/mol. The summed E-state index contributed by atoms with van der Waals surface area (Å²) < 4.78 is 26.4. The topological polar surface area (TPSA) is 113 Å². The Bertz CT molecular complexity index is 1040. The molecule has 0 aromatic heterocycles. The minimum absolute atomic E-state index is 0.100. The molecule has 1 aliphatic heterocycles. The van der Waals surface area contributed by atoms with Crippen LogP contribution in [-0.2, 0) is 20.4 Å². The van der Waals surface area contributed by atoms with Gasteiger partial charge in [0.2, 0.25) is 10.0 Å². The molecule has 0 spiro atoms. The normalized spacial score (nSPS) is 18.7. The van der Waals surface area contributed by atoms with E-state index in [0.29, 0.717) is 15.7 Å². The molecule has 3 rings (SSSR count). The summed E-state index contributed by atoms with van der Waals surface area (Å²) in [5, 5.41) is 13.5. The van der Waals surface area contributed by atoms with Gasteiger partial charge in [-0.15, -0.1) is 0 Å². The number of rotatable bonds is 6. The van der Waals surface area contributed by atoms with Crippen molar-refractivity contribution in [2.75, 3.05) is 15.8 Å². The maximum atomic E-state index is 12.7. The van der Waals surface area contributed by atoms with Crippen LogP contribution in [0, 0.1) is 0 Å². The highest BCUT2D eigenvalue weighted by molar-refractivity contribution is 9.10. The standard InChI is InChI=1S/C18H17BrN2O5S/c1-2-27(25,26)21-13-5-3-4-11(8-13)16(22)10-18(24)14-9-12(19)6-7-15(14)20-17(18)23/h3-9,21,24H,2,10H2,1H3,(H,20,23). The second-order valence-corrected chi connectivity index (χ2v) is 9.12. The van der Waals surface area contributed by atoms with Crippen molar-refractivity contribution >= 4 is 49.0 Å². The number of fused-ring (bicyclic) bond motifs is 1. The van der Waals surface area contributed by atoms with Gasteiger partial charge in [-0.25, -0.2) is 8.42 Å². The van der Waals surface area contributed by atoms with Crippen molar-refractivity contribution in [1.29, 1.82) is 0 Å². The number of aliphatic hydroxyl groups is 1. The third-order valence-electron chi connectivity index (χ3n) is 4.31. The van der Waals surface area contributed by atoms with Crippen molar-refractivity contribution in [2.45, 2.75) is 18.9 Å². The van der Waals surface area contributed by atoms with Crippen molar-refractivity contribution in [1.82, 2.24) is 0 Å². The molecule has 2 aromatic rings. The molecule has 0 saturated carbocycles. The Balaban J connectivity index is 1.88. The molecule has 1 heterocycles. The van der Waals surface area contributed by atoms with Gasteiger partial charge in [0, 0.05) is 27.0 Å². The molecule has 1 atom stereocenters. The monoisotopic (exact) mass is 452 g/mol. The van der Waals surface area contributed by atoms with E-state index in [0.717, 1.165) is 0 Å². The largest absolute Gasteiger partial charge is 0.375 e. The second-order valence-electron chi connectivity index (χ2n) is 6.19. The number of hydrogen-bond acceptors (Lipinski definition) is 5. The first-order valence-electron chi connectivity index (χ1n) is 8.12. The van der Waals surface area contributed by atoms with Crippen LogP contribution in [0.4, 0.5) is 11.4 Å². The molecule has 2 aromatic carbocycles. The Morgan fingerprint density at radius 3 is 2.70 bits per heavy atom. The maximum Gasteiger partial charge on any atom is 0.261 e. The second kappa shape index (κ2) is 7.06. The number of hydrogen-bond donors (Lipinski definition) is 3. The highest BCUT2D eigenvalue weighted by atomic mass is 79.9. The number of carbonyl (C=O) groups is 2. The molecule has 142 valence electrons. The summed E-state index contributed by atoms with van der Waals surface area (Å²) in [4.78, 5) is 25.0. The molecule has 1 amide bonds. The van der Waals surface area contributed by atoms with Crippen molar-refractivity contribution < 1.29 is 23.1 Å². The number of Topliss-reactive ketones (excluding diaryl/α,β-unsaturated/α-hetero) is 1. The first-order chi connectivity index (χ1) is 12.6. The number of benzene rings is 2. The van der Waals surface area contributed by atoms with Gasteiger partial charge in [-0.05, 0) is 37.3 Å². The van der Waals surface area contributed by atoms with E-state index < -0.39 is 33.7 Å². The summed E-state index contributed by atoms with van der Waals surface area (Å²) in [6.45, 7) is 1.50. The van der Waals surface area contributed by atoms with Crippen LogP contribution in [0.15, 0.2) is 46.9 Å². The molecule has 0 saturated heterocycles. The molecule has 0 bridgehead atoms. The van der Waals surface area contributed by atoms with Crippen molar-refractivity contribution in [3.8, 4) is 0 Å². The lowest BCUT2D eigenvalue weighted by molar-refractivity contribution is -0.133. The Morgan fingerprint density at radius 1 is 1.26 bits per heavy atom. The Morgan fingerprint density at radius 2 is 2.00 bits per heavy atom. The lowest BCUT2D eigenvalue weighted by atomic mass is 9.88. The number of amides is 1. The minimum Gasteiger partial charge on any atom is -0.375 e. The van der Waals surface area contributed by atoms with E-state index in [2.05, 4.69) is 26.0 Å². The van der Waals surface area contributed by atoms with Crippen LogP contribution >= 0.6 is 15.9 Å². The quantitative estimate of drug-likeness (QED) is 0.583. The third-order valence-corrected chi connectivity index (χ3v) is 6.11. The van der Waals surface area contributed by atoms with E-state index in [9.17, 15) is 23.1 Å². The van der Waals surface area contributed by atoms with Crippen LogP contribution < -0.4 is 10.0 Å². The van der Waals surface area contributed by atoms with E-state index in [4.69, 9.17) is 0 Å². The van der Waals surface area contributed by atoms with E-state index in [1.54, 1.807) is 18.2 Å². The Hall–Kier alpha value is -2.23. The highest BCUT2D eigenvalue weighted by Crippen LogP contribution is 2.40. The fourth-order valence-electron chi connectivity index (χ4n) is 2.83. The Kier molecular flexibility index (Phi) is 5.11. The van der Waals surface area contributed by atoms with Crippen LogP contribution in [0.3, 0.4) is 0 Å². The molecule has 1 aliphatic rings. The van der Waals surface area contributed by atoms with Gasteiger partial charge in [0.05, 0.1) is 12.2 Å². The first-order valence-corrected chi connectivity index (χ1v) is 10.6. The molecule has 7 nitrogen and oxygen atoms in total. The fraction of sp³-hybridized carbons (Fsp3) is 0.222. The van der Waals surface area contributed by atoms with Crippen LogP contribution in [-0.4, -0.2) is 31.0 Å². The third kappa shape index (κ3) is 3.90. The summed E-state index contributed by atoms with van der Waals surface area (Å²) >= 11 is 3.29. The van der Waals surface area contributed by atoms with Gasteiger partial charge in [-0.2, -0.15) is 0 Å². The number of carbonyl (C=O) groups excluding carboxylic acids is 2. The van der Waals surface area contributed by atoms with Crippen molar-refractivity contribution in [3.63, 3.8) is 0 Å². The number of ketones is 1. The van der Waals surface area contributed by atoms with Crippen LogP contribution in [0.1, 0.15) is 29.3 Å². The number of halogens is 1. The van der Waals surface area contributed by atoms with Gasteiger partial charge in [-0.3, -0.25) is 14.3 Å². The van der Waals surface area contributed by atoms with Gasteiger partial charge in [-0.1, -0.05) is 28.1 Å². The highest BCUT2D eigenvalue weighted by Gasteiger charge is 2.46. The van der Waals surface area contributed by atoms with Gasteiger partial charge >= 0.3 is 0 Å². The molecule has 27 heavy (non-hydrogen) atoms. The maximum absolute atomic E-state index is 12.7. The van der Waals surface area contributed by atoms with E-state index in [-0.39, 0.29) is 17.0 Å². The lowest BCUT2D eigenvalue weighted by Crippen LogP contribution is -2.36. The van der Waals surface area contributed by atoms with E-state index in [1.165, 1.54) is 31.2 Å². The summed E-state index contributed by atoms with van der Waals surface area (Å²) in [5.41, 5.74) is -0.791. The average Bonchev–Trinajstić information content (AvgIpc) is 2.85. The zero-order valence-corrected chi connectivity index (χ0v) is 16.7. The van der Waals surface area contributed by atoms with Gasteiger partial charge < -0.3 is 10.4 Å².